The van der Waals surface area contributed by atoms with Crippen LogP contribution in [-0.4, -0.2) is 41.1 Å². The van der Waals surface area contributed by atoms with Gasteiger partial charge in [-0.3, -0.25) is 4.79 Å². The summed E-state index contributed by atoms with van der Waals surface area (Å²) in [6, 6.07) is 10.8. The number of hydrogen-bond donors (Lipinski definition) is 2. The summed E-state index contributed by atoms with van der Waals surface area (Å²) >= 11 is 1.65. The number of aromatic amines is 1. The van der Waals surface area contributed by atoms with Gasteiger partial charge in [0.05, 0.1) is 31.0 Å². The Balaban J connectivity index is 1.68. The zero-order chi connectivity index (χ0) is 21.5. The molecule has 0 aliphatic rings. The van der Waals surface area contributed by atoms with Gasteiger partial charge in [-0.15, -0.1) is 0 Å². The zero-order valence-electron chi connectivity index (χ0n) is 17.6. The number of amides is 1. The molecule has 0 aliphatic carbocycles. The standard InChI is InChI=1S/C22H26N4O3S/c1-5-10-29-20-11-15(6-9-19(20)28-4)13-23-26-21(27)16-7-8-17-18(12-16)25-22(24-17)30-14(2)3/h6-9,11-14H,5,10H2,1-4H3,(H,24,25)(H,26,27)/b23-13-. The van der Waals surface area contributed by atoms with Crippen LogP contribution in [0.4, 0.5) is 0 Å². The SMILES string of the molecule is CCCOc1cc(/C=N\NC(=O)c2ccc3nc(SC(C)C)[nH]c3c2)ccc1OC. The van der Waals surface area contributed by atoms with Crippen LogP contribution in [0.15, 0.2) is 46.7 Å². The number of carbonyl (C=O) groups excluding carboxylic acids is 1. The van der Waals surface area contributed by atoms with Crippen molar-refractivity contribution in [2.75, 3.05) is 13.7 Å². The summed E-state index contributed by atoms with van der Waals surface area (Å²) in [6.45, 7) is 6.85. The molecule has 0 radical (unpaired) electrons. The van der Waals surface area contributed by atoms with Crippen molar-refractivity contribution in [2.24, 2.45) is 5.10 Å². The van der Waals surface area contributed by atoms with E-state index in [1.807, 2.05) is 31.2 Å². The predicted octanol–water partition coefficient (Wildman–Crippen LogP) is 4.62. The van der Waals surface area contributed by atoms with Gasteiger partial charge in [-0.2, -0.15) is 5.10 Å². The number of benzene rings is 2. The number of methoxy groups -OCH3 is 1. The molecule has 8 heteroatoms. The highest BCUT2D eigenvalue weighted by atomic mass is 32.2. The van der Waals surface area contributed by atoms with E-state index in [1.54, 1.807) is 37.2 Å². The molecular formula is C22H26N4O3S. The number of nitrogens with zero attached hydrogens (tertiary/aromatic N) is 2. The second-order valence-corrected chi connectivity index (χ2v) is 8.46. The van der Waals surface area contributed by atoms with E-state index in [1.165, 1.54) is 0 Å². The molecule has 0 unspecified atom stereocenters. The lowest BCUT2D eigenvalue weighted by Gasteiger charge is -2.10. The fourth-order valence-corrected chi connectivity index (χ4v) is 3.50. The summed E-state index contributed by atoms with van der Waals surface area (Å²) in [7, 11) is 1.60. The molecule has 30 heavy (non-hydrogen) atoms. The van der Waals surface area contributed by atoms with Crippen LogP contribution in [0.25, 0.3) is 11.0 Å². The van der Waals surface area contributed by atoms with Crippen molar-refractivity contribution in [3.05, 3.63) is 47.5 Å². The number of thioether (sulfide) groups is 1. The Hall–Kier alpha value is -3.00. The molecule has 1 aromatic heterocycles. The molecule has 1 amide bonds. The lowest BCUT2D eigenvalue weighted by Crippen LogP contribution is -2.17. The number of nitrogens with one attached hydrogen (secondary N) is 2. The number of hydrazone groups is 1. The number of imidazole rings is 1. The number of aromatic nitrogens is 2. The summed E-state index contributed by atoms with van der Waals surface area (Å²) in [6.07, 6.45) is 2.47. The Bertz CT molecular complexity index is 1050. The lowest BCUT2D eigenvalue weighted by atomic mass is 10.2. The number of hydrogen-bond acceptors (Lipinski definition) is 6. The molecule has 2 aromatic carbocycles. The Morgan fingerprint density at radius 2 is 2.10 bits per heavy atom. The van der Waals surface area contributed by atoms with Crippen LogP contribution < -0.4 is 14.9 Å². The number of H-pyrrole nitrogens is 1. The first-order valence-electron chi connectivity index (χ1n) is 9.80. The maximum atomic E-state index is 12.5. The van der Waals surface area contributed by atoms with Gasteiger partial charge in [-0.05, 0) is 48.4 Å². The highest BCUT2D eigenvalue weighted by Gasteiger charge is 2.10. The predicted molar refractivity (Wildman–Crippen MR) is 121 cm³/mol. The number of fused-ring (bicyclic) bond motifs is 1. The number of ether oxygens (including phenoxy) is 2. The van der Waals surface area contributed by atoms with E-state index in [-0.39, 0.29) is 5.91 Å². The summed E-state index contributed by atoms with van der Waals surface area (Å²) in [5.41, 5.74) is 5.51. The Morgan fingerprint density at radius 1 is 1.27 bits per heavy atom. The van der Waals surface area contributed by atoms with Crippen molar-refractivity contribution < 1.29 is 14.3 Å². The largest absolute Gasteiger partial charge is 0.493 e. The summed E-state index contributed by atoms with van der Waals surface area (Å²) in [5, 5.41) is 5.34. The van der Waals surface area contributed by atoms with Gasteiger partial charge in [0.25, 0.3) is 5.91 Å². The second kappa shape index (κ2) is 10.2. The molecule has 3 rings (SSSR count). The minimum atomic E-state index is -0.295. The average Bonchev–Trinajstić information content (AvgIpc) is 3.12. The Morgan fingerprint density at radius 3 is 2.83 bits per heavy atom. The first-order valence-corrected chi connectivity index (χ1v) is 10.7. The molecule has 0 fully saturated rings. The first kappa shape index (κ1) is 21.7. The van der Waals surface area contributed by atoms with Gasteiger partial charge in [0.15, 0.2) is 16.7 Å². The van der Waals surface area contributed by atoms with E-state index in [9.17, 15) is 4.79 Å². The van der Waals surface area contributed by atoms with Gasteiger partial charge >= 0.3 is 0 Å². The van der Waals surface area contributed by atoms with Gasteiger partial charge in [0, 0.05) is 10.8 Å². The fraction of sp³-hybridized carbons (Fsp3) is 0.318. The molecule has 1 heterocycles. The summed E-state index contributed by atoms with van der Waals surface area (Å²) < 4.78 is 11.0. The smallest absolute Gasteiger partial charge is 0.271 e. The molecule has 0 spiro atoms. The molecule has 3 aromatic rings. The highest BCUT2D eigenvalue weighted by molar-refractivity contribution is 7.99. The van der Waals surface area contributed by atoms with Crippen LogP contribution >= 0.6 is 11.8 Å². The van der Waals surface area contributed by atoms with Crippen molar-refractivity contribution in [3.63, 3.8) is 0 Å². The summed E-state index contributed by atoms with van der Waals surface area (Å²) in [5.74, 6) is 1.01. The van der Waals surface area contributed by atoms with Crippen molar-refractivity contribution in [1.29, 1.82) is 0 Å². The molecule has 0 saturated carbocycles. The maximum absolute atomic E-state index is 12.5. The first-order chi connectivity index (χ1) is 14.5. The maximum Gasteiger partial charge on any atom is 0.271 e. The van der Waals surface area contributed by atoms with Crippen LogP contribution in [0.1, 0.15) is 43.1 Å². The quantitative estimate of drug-likeness (QED) is 0.296. The van der Waals surface area contributed by atoms with Gasteiger partial charge in [0.2, 0.25) is 0 Å². The van der Waals surface area contributed by atoms with Gasteiger partial charge in [-0.1, -0.05) is 32.5 Å². The van der Waals surface area contributed by atoms with E-state index >= 15 is 0 Å². The Labute approximate surface area is 180 Å². The Kier molecular flexibility index (Phi) is 7.35. The molecule has 158 valence electrons. The third-order valence-electron chi connectivity index (χ3n) is 4.10. The van der Waals surface area contributed by atoms with Crippen LogP contribution in [0.5, 0.6) is 11.5 Å². The van der Waals surface area contributed by atoms with Gasteiger partial charge < -0.3 is 14.5 Å². The number of carbonyl (C=O) groups is 1. The minimum absolute atomic E-state index is 0.295. The monoisotopic (exact) mass is 426 g/mol. The topological polar surface area (TPSA) is 88.6 Å². The normalized spacial score (nSPS) is 11.4. The molecule has 0 bridgehead atoms. The van der Waals surface area contributed by atoms with Gasteiger partial charge in [0.1, 0.15) is 0 Å². The van der Waals surface area contributed by atoms with Gasteiger partial charge in [-0.25, -0.2) is 10.4 Å². The van der Waals surface area contributed by atoms with E-state index in [0.717, 1.165) is 28.2 Å². The molecule has 0 aliphatic heterocycles. The molecule has 0 atom stereocenters. The fourth-order valence-electron chi connectivity index (χ4n) is 2.73. The third kappa shape index (κ3) is 5.54. The number of rotatable bonds is 9. The van der Waals surface area contributed by atoms with Crippen molar-refractivity contribution in [1.82, 2.24) is 15.4 Å². The van der Waals surface area contributed by atoms with E-state index in [2.05, 4.69) is 34.3 Å². The van der Waals surface area contributed by atoms with Crippen molar-refractivity contribution in [2.45, 2.75) is 37.6 Å². The summed E-state index contributed by atoms with van der Waals surface area (Å²) in [4.78, 5) is 20.2. The minimum Gasteiger partial charge on any atom is -0.493 e. The third-order valence-corrected chi connectivity index (χ3v) is 4.99. The molecule has 0 saturated heterocycles. The lowest BCUT2D eigenvalue weighted by molar-refractivity contribution is 0.0955. The van der Waals surface area contributed by atoms with Crippen LogP contribution in [0.2, 0.25) is 0 Å². The highest BCUT2D eigenvalue weighted by Crippen LogP contribution is 2.27. The van der Waals surface area contributed by atoms with E-state index in [4.69, 9.17) is 9.47 Å². The molecule has 7 nitrogen and oxygen atoms in total. The van der Waals surface area contributed by atoms with Crippen LogP contribution in [0.3, 0.4) is 0 Å². The van der Waals surface area contributed by atoms with Crippen molar-refractivity contribution in [3.8, 4) is 11.5 Å². The van der Waals surface area contributed by atoms with Crippen LogP contribution in [-0.2, 0) is 0 Å². The zero-order valence-corrected chi connectivity index (χ0v) is 18.4. The molecule has 2 N–H and O–H groups in total. The second-order valence-electron chi connectivity index (χ2n) is 6.90. The molecular weight excluding hydrogens is 400 g/mol. The van der Waals surface area contributed by atoms with E-state index < -0.39 is 0 Å². The van der Waals surface area contributed by atoms with Crippen LogP contribution in [0, 0.1) is 0 Å². The van der Waals surface area contributed by atoms with Crippen molar-refractivity contribution >= 4 is 34.9 Å². The average molecular weight is 427 g/mol. The van der Waals surface area contributed by atoms with E-state index in [0.29, 0.717) is 28.9 Å².